The summed E-state index contributed by atoms with van der Waals surface area (Å²) in [5.41, 5.74) is 0.865. The normalized spacial score (nSPS) is 10.1. The fourth-order valence-electron chi connectivity index (χ4n) is 1.85. The summed E-state index contributed by atoms with van der Waals surface area (Å²) in [5.74, 6) is -0.0977. The number of para-hydroxylation sites is 2. The second-order valence-corrected chi connectivity index (χ2v) is 5.37. The molecule has 0 aliphatic rings. The monoisotopic (exact) mass is 366 g/mol. The molecule has 6 heteroatoms. The molecular weight excluding hydrogens is 351 g/mol. The van der Waals surface area contributed by atoms with E-state index in [-0.39, 0.29) is 18.1 Å². The smallest absolute Gasteiger partial charge is 0.243 e. The third-order valence-corrected chi connectivity index (χ3v) is 3.32. The number of anilines is 2. The zero-order chi connectivity index (χ0) is 15.9. The Labute approximate surface area is 136 Å². The van der Waals surface area contributed by atoms with Gasteiger partial charge in [0.2, 0.25) is 5.91 Å². The predicted octanol–water partition coefficient (Wildman–Crippen LogP) is 4.04. The van der Waals surface area contributed by atoms with Gasteiger partial charge in [-0.2, -0.15) is 0 Å². The average molecular weight is 367 g/mol. The van der Waals surface area contributed by atoms with Crippen LogP contribution in [0.5, 0.6) is 5.75 Å². The quantitative estimate of drug-likeness (QED) is 0.810. The molecule has 2 N–H and O–H groups in total. The number of benzene rings is 2. The molecule has 0 aliphatic heterocycles. The van der Waals surface area contributed by atoms with Crippen LogP contribution in [0.1, 0.15) is 6.92 Å². The van der Waals surface area contributed by atoms with E-state index in [2.05, 4.69) is 26.6 Å². The Balaban J connectivity index is 1.96. The zero-order valence-electron chi connectivity index (χ0n) is 12.0. The van der Waals surface area contributed by atoms with Crippen molar-refractivity contribution in [1.82, 2.24) is 0 Å². The summed E-state index contributed by atoms with van der Waals surface area (Å²) in [6.45, 7) is 2.34. The third kappa shape index (κ3) is 4.46. The molecule has 2 aromatic carbocycles. The van der Waals surface area contributed by atoms with E-state index in [1.807, 2.05) is 13.0 Å². The highest BCUT2D eigenvalue weighted by atomic mass is 79.9. The number of nitrogens with one attached hydrogen (secondary N) is 2. The van der Waals surface area contributed by atoms with Crippen molar-refractivity contribution in [3.05, 3.63) is 52.8 Å². The van der Waals surface area contributed by atoms with Crippen molar-refractivity contribution in [2.45, 2.75) is 6.92 Å². The molecule has 22 heavy (non-hydrogen) atoms. The molecule has 1 amide bonds. The Kier molecular flexibility index (Phi) is 5.77. The summed E-state index contributed by atoms with van der Waals surface area (Å²) >= 11 is 3.18. The van der Waals surface area contributed by atoms with E-state index < -0.39 is 5.82 Å². The standard InChI is InChI=1S/C16H16BrFN2O2/c1-2-22-15-6-4-3-5-14(15)20-16(21)10-19-13-8-7-11(17)9-12(13)18/h3-9,19H,2,10H2,1H3,(H,20,21). The topological polar surface area (TPSA) is 50.4 Å². The highest BCUT2D eigenvalue weighted by Gasteiger charge is 2.08. The van der Waals surface area contributed by atoms with E-state index in [4.69, 9.17) is 4.74 Å². The predicted molar refractivity (Wildman–Crippen MR) is 88.8 cm³/mol. The summed E-state index contributed by atoms with van der Waals surface area (Å²) in [5, 5.41) is 5.50. The summed E-state index contributed by atoms with van der Waals surface area (Å²) in [6, 6.07) is 11.8. The van der Waals surface area contributed by atoms with Gasteiger partial charge < -0.3 is 15.4 Å². The minimum absolute atomic E-state index is 0.0426. The Hall–Kier alpha value is -2.08. The molecule has 0 aromatic heterocycles. The lowest BCUT2D eigenvalue weighted by atomic mass is 10.3. The van der Waals surface area contributed by atoms with E-state index in [1.165, 1.54) is 6.07 Å². The van der Waals surface area contributed by atoms with E-state index in [1.54, 1.807) is 30.3 Å². The molecule has 0 saturated heterocycles. The average Bonchev–Trinajstić information content (AvgIpc) is 2.48. The second kappa shape index (κ2) is 7.79. The van der Waals surface area contributed by atoms with Gasteiger partial charge >= 0.3 is 0 Å². The maximum absolute atomic E-state index is 13.6. The minimum Gasteiger partial charge on any atom is -0.492 e. The molecule has 0 saturated carbocycles. The lowest BCUT2D eigenvalue weighted by molar-refractivity contribution is -0.114. The minimum atomic E-state index is -0.420. The molecule has 0 radical (unpaired) electrons. The second-order valence-electron chi connectivity index (χ2n) is 4.46. The zero-order valence-corrected chi connectivity index (χ0v) is 13.6. The fourth-order valence-corrected chi connectivity index (χ4v) is 2.19. The maximum Gasteiger partial charge on any atom is 0.243 e. The Bertz CT molecular complexity index is 664. The molecule has 0 spiro atoms. The van der Waals surface area contributed by atoms with Crippen LogP contribution in [0.4, 0.5) is 15.8 Å². The van der Waals surface area contributed by atoms with Gasteiger partial charge in [-0.25, -0.2) is 4.39 Å². The van der Waals surface area contributed by atoms with Gasteiger partial charge in [0.05, 0.1) is 24.5 Å². The van der Waals surface area contributed by atoms with Crippen molar-refractivity contribution in [3.8, 4) is 5.75 Å². The van der Waals surface area contributed by atoms with Gasteiger partial charge in [0, 0.05) is 4.47 Å². The molecule has 4 nitrogen and oxygen atoms in total. The summed E-state index contributed by atoms with van der Waals surface area (Å²) < 4.78 is 19.7. The van der Waals surface area contributed by atoms with Gasteiger partial charge in [-0.3, -0.25) is 4.79 Å². The Morgan fingerprint density at radius 3 is 2.73 bits per heavy atom. The molecule has 0 unspecified atom stereocenters. The summed E-state index contributed by atoms with van der Waals surface area (Å²) in [7, 11) is 0. The van der Waals surface area contributed by atoms with Crippen molar-refractivity contribution < 1.29 is 13.9 Å². The fraction of sp³-hybridized carbons (Fsp3) is 0.188. The van der Waals surface area contributed by atoms with Crippen LogP contribution in [-0.2, 0) is 4.79 Å². The molecule has 2 aromatic rings. The number of hydrogen-bond acceptors (Lipinski definition) is 3. The first-order chi connectivity index (χ1) is 10.6. The first-order valence-electron chi connectivity index (χ1n) is 6.80. The van der Waals surface area contributed by atoms with Crippen LogP contribution < -0.4 is 15.4 Å². The van der Waals surface area contributed by atoms with Crippen LogP contribution in [0.25, 0.3) is 0 Å². The van der Waals surface area contributed by atoms with E-state index in [0.29, 0.717) is 22.5 Å². The van der Waals surface area contributed by atoms with Crippen LogP contribution >= 0.6 is 15.9 Å². The lowest BCUT2D eigenvalue weighted by Crippen LogP contribution is -2.22. The van der Waals surface area contributed by atoms with E-state index in [9.17, 15) is 9.18 Å². The van der Waals surface area contributed by atoms with Gasteiger partial charge in [-0.15, -0.1) is 0 Å². The first kappa shape index (κ1) is 16.3. The molecule has 0 heterocycles. The molecule has 116 valence electrons. The molecule has 0 bridgehead atoms. The van der Waals surface area contributed by atoms with Crippen molar-refractivity contribution in [1.29, 1.82) is 0 Å². The maximum atomic E-state index is 13.6. The van der Waals surface area contributed by atoms with Crippen LogP contribution in [0.2, 0.25) is 0 Å². The number of rotatable bonds is 6. The Morgan fingerprint density at radius 2 is 2.00 bits per heavy atom. The summed E-state index contributed by atoms with van der Waals surface area (Å²) in [4.78, 5) is 12.0. The van der Waals surface area contributed by atoms with Crippen molar-refractivity contribution in [2.75, 3.05) is 23.8 Å². The number of ether oxygens (including phenoxy) is 1. The van der Waals surface area contributed by atoms with Crippen LogP contribution in [0.15, 0.2) is 46.9 Å². The van der Waals surface area contributed by atoms with Gasteiger partial charge in [0.15, 0.2) is 0 Å². The van der Waals surface area contributed by atoms with E-state index >= 15 is 0 Å². The molecular formula is C16H16BrFN2O2. The van der Waals surface area contributed by atoms with E-state index in [0.717, 1.165) is 0 Å². The molecule has 0 fully saturated rings. The van der Waals surface area contributed by atoms with Gasteiger partial charge in [-0.05, 0) is 37.3 Å². The molecule has 2 rings (SSSR count). The highest BCUT2D eigenvalue weighted by molar-refractivity contribution is 9.10. The van der Waals surface area contributed by atoms with Crippen molar-refractivity contribution >= 4 is 33.2 Å². The van der Waals surface area contributed by atoms with Crippen molar-refractivity contribution in [2.24, 2.45) is 0 Å². The first-order valence-corrected chi connectivity index (χ1v) is 7.60. The van der Waals surface area contributed by atoms with Crippen LogP contribution in [0, 0.1) is 5.82 Å². The van der Waals surface area contributed by atoms with Gasteiger partial charge in [0.1, 0.15) is 11.6 Å². The number of hydrogen-bond donors (Lipinski definition) is 2. The van der Waals surface area contributed by atoms with Crippen molar-refractivity contribution in [3.63, 3.8) is 0 Å². The number of carbonyl (C=O) groups is 1. The number of halogens is 2. The van der Waals surface area contributed by atoms with Gasteiger partial charge in [0.25, 0.3) is 0 Å². The largest absolute Gasteiger partial charge is 0.492 e. The summed E-state index contributed by atoms with van der Waals surface area (Å²) in [6.07, 6.45) is 0. The van der Waals surface area contributed by atoms with Gasteiger partial charge in [-0.1, -0.05) is 28.1 Å². The van der Waals surface area contributed by atoms with Crippen LogP contribution in [0.3, 0.4) is 0 Å². The number of amides is 1. The molecule has 0 aliphatic carbocycles. The highest BCUT2D eigenvalue weighted by Crippen LogP contribution is 2.23. The third-order valence-electron chi connectivity index (χ3n) is 2.83. The SMILES string of the molecule is CCOc1ccccc1NC(=O)CNc1ccc(Br)cc1F. The lowest BCUT2D eigenvalue weighted by Gasteiger charge is -2.12. The molecule has 0 atom stereocenters. The Morgan fingerprint density at radius 1 is 1.23 bits per heavy atom. The number of carbonyl (C=O) groups excluding carboxylic acids is 1. The van der Waals surface area contributed by atoms with Crippen LogP contribution in [-0.4, -0.2) is 19.1 Å².